The highest BCUT2D eigenvalue weighted by Gasteiger charge is 2.30. The predicted octanol–water partition coefficient (Wildman–Crippen LogP) is 3.47. The predicted molar refractivity (Wildman–Crippen MR) is 59.7 cm³/mol. The number of hydrogen-bond acceptors (Lipinski definition) is 2. The molecule has 5 heteroatoms. The van der Waals surface area contributed by atoms with Gasteiger partial charge in [-0.05, 0) is 30.7 Å². The minimum absolute atomic E-state index is 0.185. The molecule has 0 atom stereocenters. The van der Waals surface area contributed by atoms with Gasteiger partial charge in [0.05, 0.1) is 0 Å². The standard InChI is InChI=1S/C12H16F3NO/c1-2-3-8-16-9-10-4-6-11(7-5-10)17-12(13,14)15/h4-7,16H,2-3,8-9H2,1H3. The van der Waals surface area contributed by atoms with Crippen molar-refractivity contribution in [2.75, 3.05) is 6.54 Å². The van der Waals surface area contributed by atoms with E-state index in [-0.39, 0.29) is 5.75 Å². The Morgan fingerprint density at radius 1 is 1.18 bits per heavy atom. The quantitative estimate of drug-likeness (QED) is 0.777. The number of unbranched alkanes of at least 4 members (excludes halogenated alkanes) is 1. The van der Waals surface area contributed by atoms with Gasteiger partial charge in [-0.1, -0.05) is 25.5 Å². The maximum absolute atomic E-state index is 11.9. The van der Waals surface area contributed by atoms with Crippen molar-refractivity contribution >= 4 is 0 Å². The molecule has 0 saturated carbocycles. The molecule has 0 aromatic heterocycles. The molecule has 0 radical (unpaired) electrons. The summed E-state index contributed by atoms with van der Waals surface area (Å²) in [5.74, 6) is -0.185. The van der Waals surface area contributed by atoms with Crippen LogP contribution >= 0.6 is 0 Å². The van der Waals surface area contributed by atoms with E-state index in [1.165, 1.54) is 12.1 Å². The number of nitrogens with one attached hydrogen (secondary N) is 1. The summed E-state index contributed by atoms with van der Waals surface area (Å²) >= 11 is 0. The zero-order valence-electron chi connectivity index (χ0n) is 9.68. The molecule has 0 bridgehead atoms. The van der Waals surface area contributed by atoms with Crippen molar-refractivity contribution < 1.29 is 17.9 Å². The Hall–Kier alpha value is -1.23. The van der Waals surface area contributed by atoms with Gasteiger partial charge in [0.25, 0.3) is 0 Å². The normalized spacial score (nSPS) is 11.5. The van der Waals surface area contributed by atoms with Crippen LogP contribution in [0.4, 0.5) is 13.2 Å². The summed E-state index contributed by atoms with van der Waals surface area (Å²) in [6.07, 6.45) is -2.42. The van der Waals surface area contributed by atoms with Crippen LogP contribution in [0.2, 0.25) is 0 Å². The van der Waals surface area contributed by atoms with Gasteiger partial charge in [-0.2, -0.15) is 0 Å². The first kappa shape index (κ1) is 13.8. The van der Waals surface area contributed by atoms with E-state index >= 15 is 0 Å². The largest absolute Gasteiger partial charge is 0.573 e. The lowest BCUT2D eigenvalue weighted by Gasteiger charge is -2.09. The van der Waals surface area contributed by atoms with Crippen molar-refractivity contribution in [3.8, 4) is 5.75 Å². The lowest BCUT2D eigenvalue weighted by molar-refractivity contribution is -0.274. The van der Waals surface area contributed by atoms with Gasteiger partial charge in [-0.25, -0.2) is 0 Å². The monoisotopic (exact) mass is 247 g/mol. The highest BCUT2D eigenvalue weighted by Crippen LogP contribution is 2.22. The topological polar surface area (TPSA) is 21.3 Å². The number of hydrogen-bond donors (Lipinski definition) is 1. The van der Waals surface area contributed by atoms with E-state index < -0.39 is 6.36 Å². The van der Waals surface area contributed by atoms with E-state index in [4.69, 9.17) is 0 Å². The van der Waals surface area contributed by atoms with E-state index in [2.05, 4.69) is 17.0 Å². The molecule has 1 rings (SSSR count). The van der Waals surface area contributed by atoms with Crippen molar-refractivity contribution in [2.45, 2.75) is 32.7 Å². The first-order chi connectivity index (χ1) is 8.01. The van der Waals surface area contributed by atoms with Crippen molar-refractivity contribution in [3.05, 3.63) is 29.8 Å². The second-order valence-corrected chi connectivity index (χ2v) is 3.72. The average Bonchev–Trinajstić information content (AvgIpc) is 2.25. The van der Waals surface area contributed by atoms with E-state index in [1.807, 2.05) is 0 Å². The fourth-order valence-corrected chi connectivity index (χ4v) is 1.34. The Morgan fingerprint density at radius 2 is 1.82 bits per heavy atom. The molecule has 0 aliphatic carbocycles. The Bertz CT molecular complexity index is 322. The first-order valence-electron chi connectivity index (χ1n) is 5.56. The second kappa shape index (κ2) is 6.49. The van der Waals surface area contributed by atoms with E-state index in [0.29, 0.717) is 6.54 Å². The van der Waals surface area contributed by atoms with Crippen LogP contribution in [0.3, 0.4) is 0 Å². The third-order valence-corrected chi connectivity index (χ3v) is 2.19. The Balaban J connectivity index is 2.39. The fraction of sp³-hybridized carbons (Fsp3) is 0.500. The van der Waals surface area contributed by atoms with Gasteiger partial charge in [0.1, 0.15) is 5.75 Å². The maximum atomic E-state index is 11.9. The number of ether oxygens (including phenoxy) is 1. The van der Waals surface area contributed by atoms with Gasteiger partial charge in [0.2, 0.25) is 0 Å². The van der Waals surface area contributed by atoms with Gasteiger partial charge in [-0.15, -0.1) is 13.2 Å². The van der Waals surface area contributed by atoms with Gasteiger partial charge in [0, 0.05) is 6.54 Å². The molecule has 0 fully saturated rings. The molecular formula is C12H16F3NO. The van der Waals surface area contributed by atoms with Crippen LogP contribution in [-0.4, -0.2) is 12.9 Å². The molecule has 0 heterocycles. The summed E-state index contributed by atoms with van der Waals surface area (Å²) in [6.45, 7) is 3.68. The molecule has 0 aliphatic rings. The number of halogens is 3. The SMILES string of the molecule is CCCCNCc1ccc(OC(F)(F)F)cc1. The molecular weight excluding hydrogens is 231 g/mol. The summed E-state index contributed by atoms with van der Waals surface area (Å²) in [6, 6.07) is 5.90. The third-order valence-electron chi connectivity index (χ3n) is 2.19. The summed E-state index contributed by atoms with van der Waals surface area (Å²) in [7, 11) is 0. The molecule has 0 aliphatic heterocycles. The minimum atomic E-state index is -4.62. The summed E-state index contributed by atoms with van der Waals surface area (Å²) in [4.78, 5) is 0. The van der Waals surface area contributed by atoms with E-state index in [1.54, 1.807) is 12.1 Å². The van der Waals surface area contributed by atoms with Crippen LogP contribution in [0.5, 0.6) is 5.75 Å². The van der Waals surface area contributed by atoms with Gasteiger partial charge in [0.15, 0.2) is 0 Å². The van der Waals surface area contributed by atoms with E-state index in [0.717, 1.165) is 24.9 Å². The highest BCUT2D eigenvalue weighted by molar-refractivity contribution is 5.27. The van der Waals surface area contributed by atoms with Crippen molar-refractivity contribution in [1.29, 1.82) is 0 Å². The minimum Gasteiger partial charge on any atom is -0.406 e. The number of rotatable bonds is 6. The van der Waals surface area contributed by atoms with Crippen LogP contribution < -0.4 is 10.1 Å². The summed E-state index contributed by atoms with van der Waals surface area (Å²) < 4.78 is 39.5. The van der Waals surface area contributed by atoms with E-state index in [9.17, 15) is 13.2 Å². The number of alkyl halides is 3. The van der Waals surface area contributed by atoms with Crippen LogP contribution in [0, 0.1) is 0 Å². The second-order valence-electron chi connectivity index (χ2n) is 3.72. The Labute approximate surface area is 98.8 Å². The average molecular weight is 247 g/mol. The maximum Gasteiger partial charge on any atom is 0.573 e. The lowest BCUT2D eigenvalue weighted by Crippen LogP contribution is -2.17. The van der Waals surface area contributed by atoms with Crippen LogP contribution in [0.1, 0.15) is 25.3 Å². The first-order valence-corrected chi connectivity index (χ1v) is 5.56. The van der Waals surface area contributed by atoms with Crippen LogP contribution in [-0.2, 0) is 6.54 Å². The lowest BCUT2D eigenvalue weighted by atomic mass is 10.2. The van der Waals surface area contributed by atoms with Crippen molar-refractivity contribution in [1.82, 2.24) is 5.32 Å². The molecule has 1 aromatic carbocycles. The smallest absolute Gasteiger partial charge is 0.406 e. The Kier molecular flexibility index (Phi) is 5.28. The van der Waals surface area contributed by atoms with Crippen molar-refractivity contribution in [2.24, 2.45) is 0 Å². The van der Waals surface area contributed by atoms with Crippen LogP contribution in [0.25, 0.3) is 0 Å². The Morgan fingerprint density at radius 3 is 2.35 bits per heavy atom. The zero-order valence-corrected chi connectivity index (χ0v) is 9.68. The molecule has 1 N–H and O–H groups in total. The molecule has 0 amide bonds. The molecule has 1 aromatic rings. The van der Waals surface area contributed by atoms with Gasteiger partial charge >= 0.3 is 6.36 Å². The summed E-state index contributed by atoms with van der Waals surface area (Å²) in [5.41, 5.74) is 0.940. The molecule has 0 spiro atoms. The van der Waals surface area contributed by atoms with Gasteiger partial charge in [-0.3, -0.25) is 0 Å². The molecule has 2 nitrogen and oxygen atoms in total. The number of benzene rings is 1. The molecule has 0 saturated heterocycles. The fourth-order valence-electron chi connectivity index (χ4n) is 1.34. The zero-order chi connectivity index (χ0) is 12.7. The highest BCUT2D eigenvalue weighted by atomic mass is 19.4. The van der Waals surface area contributed by atoms with Crippen molar-refractivity contribution in [3.63, 3.8) is 0 Å². The molecule has 96 valence electrons. The molecule has 0 unspecified atom stereocenters. The van der Waals surface area contributed by atoms with Gasteiger partial charge < -0.3 is 10.1 Å². The van der Waals surface area contributed by atoms with Crippen LogP contribution in [0.15, 0.2) is 24.3 Å². The molecule has 17 heavy (non-hydrogen) atoms. The third kappa shape index (κ3) is 6.16. The summed E-state index contributed by atoms with van der Waals surface area (Å²) in [5, 5.41) is 3.21.